The standard InChI is InChI=1S/C20H25N3O2S/c24-19(7-9-21-20(25)18-8-14-26-16-18)23-11-4-10-22(12-13-23)15-17-5-2-1-3-6-17/h1-3,5-6,8,14,16H,4,7,9-13,15H2,(H,21,25). The lowest BCUT2D eigenvalue weighted by Crippen LogP contribution is -2.37. The van der Waals surface area contributed by atoms with E-state index in [1.165, 1.54) is 16.9 Å². The molecule has 1 aliphatic heterocycles. The third-order valence-electron chi connectivity index (χ3n) is 4.60. The van der Waals surface area contributed by atoms with Gasteiger partial charge in [0.05, 0.1) is 0 Å². The summed E-state index contributed by atoms with van der Waals surface area (Å²) < 4.78 is 0. The van der Waals surface area contributed by atoms with Crippen LogP contribution in [-0.2, 0) is 11.3 Å². The Morgan fingerprint density at radius 2 is 1.88 bits per heavy atom. The average Bonchev–Trinajstić information content (AvgIpc) is 3.10. The minimum absolute atomic E-state index is 0.107. The van der Waals surface area contributed by atoms with E-state index in [4.69, 9.17) is 0 Å². The van der Waals surface area contributed by atoms with Gasteiger partial charge in [0.15, 0.2) is 0 Å². The molecule has 0 aliphatic carbocycles. The van der Waals surface area contributed by atoms with Crippen molar-refractivity contribution in [1.82, 2.24) is 15.1 Å². The summed E-state index contributed by atoms with van der Waals surface area (Å²) in [7, 11) is 0. The second-order valence-corrected chi connectivity index (χ2v) is 7.29. The molecule has 1 aromatic heterocycles. The summed E-state index contributed by atoms with van der Waals surface area (Å²) in [5.41, 5.74) is 1.97. The van der Waals surface area contributed by atoms with E-state index in [9.17, 15) is 9.59 Å². The fraction of sp³-hybridized carbons (Fsp3) is 0.400. The van der Waals surface area contributed by atoms with Crippen molar-refractivity contribution in [1.29, 1.82) is 0 Å². The summed E-state index contributed by atoms with van der Waals surface area (Å²) in [6.07, 6.45) is 1.34. The number of amides is 2. The van der Waals surface area contributed by atoms with E-state index >= 15 is 0 Å². The zero-order valence-electron chi connectivity index (χ0n) is 14.9. The van der Waals surface area contributed by atoms with Crippen molar-refractivity contribution < 1.29 is 9.59 Å². The first-order valence-corrected chi connectivity index (χ1v) is 10.0. The molecule has 0 atom stereocenters. The monoisotopic (exact) mass is 371 g/mol. The van der Waals surface area contributed by atoms with Crippen molar-refractivity contribution >= 4 is 23.2 Å². The topological polar surface area (TPSA) is 52.7 Å². The normalized spacial score (nSPS) is 15.5. The maximum atomic E-state index is 12.4. The van der Waals surface area contributed by atoms with Crippen LogP contribution in [-0.4, -0.2) is 54.3 Å². The molecule has 5 nitrogen and oxygen atoms in total. The Morgan fingerprint density at radius 3 is 2.65 bits per heavy atom. The number of hydrogen-bond donors (Lipinski definition) is 1. The number of thiophene rings is 1. The second kappa shape index (κ2) is 9.50. The maximum Gasteiger partial charge on any atom is 0.252 e. The molecule has 3 rings (SSSR count). The molecule has 6 heteroatoms. The van der Waals surface area contributed by atoms with E-state index in [1.54, 1.807) is 6.07 Å². The molecule has 1 aliphatic rings. The van der Waals surface area contributed by atoms with Crippen LogP contribution in [0.1, 0.15) is 28.8 Å². The lowest BCUT2D eigenvalue weighted by Gasteiger charge is -2.22. The Balaban J connectivity index is 1.40. The number of nitrogens with one attached hydrogen (secondary N) is 1. The van der Waals surface area contributed by atoms with Gasteiger partial charge in [0.2, 0.25) is 5.91 Å². The van der Waals surface area contributed by atoms with Crippen LogP contribution in [0.2, 0.25) is 0 Å². The van der Waals surface area contributed by atoms with E-state index in [0.29, 0.717) is 18.5 Å². The van der Waals surface area contributed by atoms with Gasteiger partial charge >= 0.3 is 0 Å². The molecule has 138 valence electrons. The second-order valence-electron chi connectivity index (χ2n) is 6.51. The van der Waals surface area contributed by atoms with Crippen molar-refractivity contribution in [3.05, 3.63) is 58.3 Å². The first-order valence-electron chi connectivity index (χ1n) is 9.07. The summed E-state index contributed by atoms with van der Waals surface area (Å²) in [5, 5.41) is 6.51. The number of benzene rings is 1. The minimum atomic E-state index is -0.107. The van der Waals surface area contributed by atoms with Crippen LogP contribution in [0.15, 0.2) is 47.2 Å². The maximum absolute atomic E-state index is 12.4. The SMILES string of the molecule is O=C(NCCC(=O)N1CCCN(Cc2ccccc2)CC1)c1ccsc1. The van der Waals surface area contributed by atoms with Crippen molar-refractivity contribution in [2.24, 2.45) is 0 Å². The zero-order chi connectivity index (χ0) is 18.2. The van der Waals surface area contributed by atoms with Crippen LogP contribution >= 0.6 is 11.3 Å². The van der Waals surface area contributed by atoms with E-state index in [2.05, 4.69) is 34.5 Å². The number of hydrogen-bond acceptors (Lipinski definition) is 4. The van der Waals surface area contributed by atoms with Crippen LogP contribution in [0.3, 0.4) is 0 Å². The summed E-state index contributed by atoms with van der Waals surface area (Å²) in [6.45, 7) is 4.76. The number of rotatable bonds is 6. The van der Waals surface area contributed by atoms with Crippen LogP contribution in [0.25, 0.3) is 0 Å². The third-order valence-corrected chi connectivity index (χ3v) is 5.28. The van der Waals surface area contributed by atoms with E-state index in [-0.39, 0.29) is 11.8 Å². The highest BCUT2D eigenvalue weighted by Crippen LogP contribution is 2.10. The average molecular weight is 372 g/mol. The van der Waals surface area contributed by atoms with Gasteiger partial charge in [-0.1, -0.05) is 30.3 Å². The molecular formula is C20H25N3O2S. The van der Waals surface area contributed by atoms with Crippen molar-refractivity contribution in [2.75, 3.05) is 32.7 Å². The molecule has 0 saturated carbocycles. The predicted molar refractivity (Wildman–Crippen MR) is 104 cm³/mol. The van der Waals surface area contributed by atoms with Crippen molar-refractivity contribution in [3.63, 3.8) is 0 Å². The minimum Gasteiger partial charge on any atom is -0.351 e. The molecule has 2 amide bonds. The number of carbonyl (C=O) groups is 2. The molecule has 1 saturated heterocycles. The van der Waals surface area contributed by atoms with Gasteiger partial charge in [-0.15, -0.1) is 0 Å². The van der Waals surface area contributed by atoms with Gasteiger partial charge in [0.1, 0.15) is 0 Å². The molecule has 0 bridgehead atoms. The third kappa shape index (κ3) is 5.41. The van der Waals surface area contributed by atoms with E-state index in [1.807, 2.05) is 21.7 Å². The molecule has 1 fully saturated rings. The number of nitrogens with zero attached hydrogens (tertiary/aromatic N) is 2. The number of carbonyl (C=O) groups excluding carboxylic acids is 2. The summed E-state index contributed by atoms with van der Waals surface area (Å²) in [6, 6.07) is 12.2. The Bertz CT molecular complexity index is 703. The Kier molecular flexibility index (Phi) is 6.80. The molecule has 2 heterocycles. The van der Waals surface area contributed by atoms with E-state index < -0.39 is 0 Å². The van der Waals surface area contributed by atoms with Gasteiger partial charge in [0, 0.05) is 56.6 Å². The Morgan fingerprint density at radius 1 is 1.04 bits per heavy atom. The molecule has 1 N–H and O–H groups in total. The molecule has 26 heavy (non-hydrogen) atoms. The summed E-state index contributed by atoms with van der Waals surface area (Å²) in [4.78, 5) is 28.7. The fourth-order valence-electron chi connectivity index (χ4n) is 3.16. The van der Waals surface area contributed by atoms with Crippen LogP contribution in [0.5, 0.6) is 0 Å². The van der Waals surface area contributed by atoms with Crippen molar-refractivity contribution in [2.45, 2.75) is 19.4 Å². The fourth-order valence-corrected chi connectivity index (χ4v) is 3.79. The zero-order valence-corrected chi connectivity index (χ0v) is 15.7. The van der Waals surface area contributed by atoms with Crippen LogP contribution in [0, 0.1) is 0 Å². The molecule has 0 unspecified atom stereocenters. The molecule has 0 radical (unpaired) electrons. The quantitative estimate of drug-likeness (QED) is 0.849. The lowest BCUT2D eigenvalue weighted by atomic mass is 10.2. The highest BCUT2D eigenvalue weighted by Gasteiger charge is 2.19. The highest BCUT2D eigenvalue weighted by molar-refractivity contribution is 7.08. The van der Waals surface area contributed by atoms with Gasteiger partial charge in [-0.25, -0.2) is 0 Å². The van der Waals surface area contributed by atoms with Crippen LogP contribution in [0.4, 0.5) is 0 Å². The smallest absolute Gasteiger partial charge is 0.252 e. The first kappa shape index (κ1) is 18.6. The Hall–Kier alpha value is -2.18. The van der Waals surface area contributed by atoms with Crippen molar-refractivity contribution in [3.8, 4) is 0 Å². The lowest BCUT2D eigenvalue weighted by molar-refractivity contribution is -0.130. The predicted octanol–water partition coefficient (Wildman–Crippen LogP) is 2.60. The molecule has 2 aromatic rings. The largest absolute Gasteiger partial charge is 0.351 e. The van der Waals surface area contributed by atoms with Gasteiger partial charge in [-0.2, -0.15) is 11.3 Å². The van der Waals surface area contributed by atoms with Gasteiger partial charge in [-0.05, 0) is 23.4 Å². The molecule has 1 aromatic carbocycles. The molecular weight excluding hydrogens is 346 g/mol. The summed E-state index contributed by atoms with van der Waals surface area (Å²) >= 11 is 1.49. The first-order chi connectivity index (χ1) is 12.7. The highest BCUT2D eigenvalue weighted by atomic mass is 32.1. The summed E-state index contributed by atoms with van der Waals surface area (Å²) in [5.74, 6) is 0.0149. The Labute approximate surface area is 158 Å². The van der Waals surface area contributed by atoms with Crippen LogP contribution < -0.4 is 5.32 Å². The molecule has 0 spiro atoms. The van der Waals surface area contributed by atoms with Gasteiger partial charge in [-0.3, -0.25) is 14.5 Å². The van der Waals surface area contributed by atoms with Gasteiger partial charge < -0.3 is 10.2 Å². The van der Waals surface area contributed by atoms with E-state index in [0.717, 1.165) is 39.1 Å². The van der Waals surface area contributed by atoms with Gasteiger partial charge in [0.25, 0.3) is 5.91 Å².